The molecule has 0 aliphatic carbocycles. The Bertz CT molecular complexity index is 796. The zero-order valence-corrected chi connectivity index (χ0v) is 15.1. The fraction of sp³-hybridized carbons (Fsp3) is 0.176. The van der Waals surface area contributed by atoms with Gasteiger partial charge in [-0.25, -0.2) is 0 Å². The van der Waals surface area contributed by atoms with Crippen LogP contribution < -0.4 is 20.1 Å². The Balaban J connectivity index is 1.95. The molecular formula is C17H16Cl2N2O4. The van der Waals surface area contributed by atoms with Gasteiger partial charge in [0.2, 0.25) is 5.91 Å². The topological polar surface area (TPSA) is 76.7 Å². The van der Waals surface area contributed by atoms with Crippen molar-refractivity contribution in [2.75, 3.05) is 26.1 Å². The van der Waals surface area contributed by atoms with E-state index < -0.39 is 11.8 Å². The number of rotatable bonds is 6. The second-order valence-corrected chi connectivity index (χ2v) is 5.77. The van der Waals surface area contributed by atoms with Crippen molar-refractivity contribution in [1.29, 1.82) is 0 Å². The predicted octanol–water partition coefficient (Wildman–Crippen LogP) is 3.38. The monoisotopic (exact) mass is 382 g/mol. The van der Waals surface area contributed by atoms with E-state index >= 15 is 0 Å². The summed E-state index contributed by atoms with van der Waals surface area (Å²) < 4.78 is 10.3. The third kappa shape index (κ3) is 5.01. The minimum absolute atomic E-state index is 0.213. The van der Waals surface area contributed by atoms with Crippen LogP contribution in [0, 0.1) is 0 Å². The average Bonchev–Trinajstić information content (AvgIpc) is 2.59. The summed E-state index contributed by atoms with van der Waals surface area (Å²) in [6.45, 7) is -0.216. The van der Waals surface area contributed by atoms with Gasteiger partial charge in [-0.15, -0.1) is 0 Å². The fourth-order valence-corrected chi connectivity index (χ4v) is 2.54. The van der Waals surface area contributed by atoms with Crippen molar-refractivity contribution < 1.29 is 19.1 Å². The van der Waals surface area contributed by atoms with Gasteiger partial charge in [0.1, 0.15) is 0 Å². The number of nitrogens with one attached hydrogen (secondary N) is 2. The second kappa shape index (κ2) is 8.60. The van der Waals surface area contributed by atoms with Crippen LogP contribution in [0.4, 0.5) is 5.69 Å². The average molecular weight is 383 g/mol. The second-order valence-electron chi connectivity index (χ2n) is 4.92. The summed E-state index contributed by atoms with van der Waals surface area (Å²) in [6.07, 6.45) is 0. The van der Waals surface area contributed by atoms with E-state index in [0.717, 1.165) is 0 Å². The lowest BCUT2D eigenvalue weighted by molar-refractivity contribution is -0.115. The van der Waals surface area contributed by atoms with Crippen molar-refractivity contribution in [3.63, 3.8) is 0 Å². The Kier molecular flexibility index (Phi) is 6.50. The van der Waals surface area contributed by atoms with Crippen LogP contribution in [0.5, 0.6) is 11.5 Å². The highest BCUT2D eigenvalue weighted by molar-refractivity contribution is 6.36. The molecule has 0 saturated heterocycles. The van der Waals surface area contributed by atoms with Crippen molar-refractivity contribution in [3.05, 3.63) is 52.0 Å². The van der Waals surface area contributed by atoms with Crippen LogP contribution in [0.3, 0.4) is 0 Å². The molecule has 8 heteroatoms. The molecule has 0 spiro atoms. The number of amides is 2. The number of methoxy groups -OCH3 is 2. The van der Waals surface area contributed by atoms with E-state index in [0.29, 0.717) is 22.2 Å². The molecule has 0 saturated carbocycles. The highest BCUT2D eigenvalue weighted by Crippen LogP contribution is 2.29. The Morgan fingerprint density at radius 3 is 2.36 bits per heavy atom. The van der Waals surface area contributed by atoms with Crippen molar-refractivity contribution in [2.45, 2.75) is 0 Å². The van der Waals surface area contributed by atoms with E-state index in [9.17, 15) is 9.59 Å². The summed E-state index contributed by atoms with van der Waals surface area (Å²) in [4.78, 5) is 24.1. The molecule has 0 aliphatic rings. The molecule has 2 rings (SSSR count). The van der Waals surface area contributed by atoms with Crippen LogP contribution >= 0.6 is 23.2 Å². The minimum atomic E-state index is -0.468. The van der Waals surface area contributed by atoms with E-state index in [-0.39, 0.29) is 17.1 Å². The molecule has 132 valence electrons. The Morgan fingerprint density at radius 1 is 1.00 bits per heavy atom. The smallest absolute Gasteiger partial charge is 0.253 e. The van der Waals surface area contributed by atoms with Crippen LogP contribution in [-0.4, -0.2) is 32.6 Å². The molecule has 25 heavy (non-hydrogen) atoms. The molecule has 0 aromatic heterocycles. The third-order valence-corrected chi connectivity index (χ3v) is 3.80. The maximum absolute atomic E-state index is 12.1. The van der Waals surface area contributed by atoms with Gasteiger partial charge in [0.15, 0.2) is 11.5 Å². The van der Waals surface area contributed by atoms with Gasteiger partial charge in [0.25, 0.3) is 5.91 Å². The number of anilines is 1. The molecule has 2 aromatic carbocycles. The molecular weight excluding hydrogens is 367 g/mol. The molecule has 0 aliphatic heterocycles. The van der Waals surface area contributed by atoms with Gasteiger partial charge in [-0.2, -0.15) is 0 Å². The number of carbonyl (C=O) groups excluding carboxylic acids is 2. The first-order valence-electron chi connectivity index (χ1n) is 7.19. The number of hydrogen-bond donors (Lipinski definition) is 2. The lowest BCUT2D eigenvalue weighted by Gasteiger charge is -2.11. The van der Waals surface area contributed by atoms with E-state index in [4.69, 9.17) is 32.7 Å². The van der Waals surface area contributed by atoms with Gasteiger partial charge in [-0.3, -0.25) is 9.59 Å². The lowest BCUT2D eigenvalue weighted by Crippen LogP contribution is -2.33. The minimum Gasteiger partial charge on any atom is -0.493 e. The van der Waals surface area contributed by atoms with Gasteiger partial charge in [-0.1, -0.05) is 23.2 Å². The lowest BCUT2D eigenvalue weighted by atomic mass is 10.2. The molecule has 6 nitrogen and oxygen atoms in total. The van der Waals surface area contributed by atoms with E-state index in [1.165, 1.54) is 26.4 Å². The van der Waals surface area contributed by atoms with Crippen LogP contribution in [0.1, 0.15) is 10.4 Å². The molecule has 0 fully saturated rings. The summed E-state index contributed by atoms with van der Waals surface area (Å²) >= 11 is 11.7. The molecule has 2 aromatic rings. The summed E-state index contributed by atoms with van der Waals surface area (Å²) in [5, 5.41) is 5.79. The number of carbonyl (C=O) groups is 2. The normalized spacial score (nSPS) is 10.1. The Hall–Kier alpha value is -2.44. The quantitative estimate of drug-likeness (QED) is 0.802. The summed E-state index contributed by atoms with van der Waals surface area (Å²) in [6, 6.07) is 9.45. The van der Waals surface area contributed by atoms with E-state index in [1.807, 2.05) is 0 Å². The molecule has 0 unspecified atom stereocenters. The van der Waals surface area contributed by atoms with Crippen LogP contribution in [-0.2, 0) is 4.79 Å². The third-order valence-electron chi connectivity index (χ3n) is 3.25. The molecule has 0 radical (unpaired) electrons. The Morgan fingerprint density at radius 2 is 1.72 bits per heavy atom. The standard InChI is InChI=1S/C17H16Cl2N2O4/c1-24-14-6-4-11(8-15(14)25-2)21-16(22)9-20-17(23)12-5-3-10(18)7-13(12)19/h3-8H,9H2,1-2H3,(H,20,23)(H,21,22). The van der Waals surface area contributed by atoms with Gasteiger partial charge in [0.05, 0.1) is 31.4 Å². The molecule has 0 bridgehead atoms. The first kappa shape index (κ1) is 18.9. The van der Waals surface area contributed by atoms with Crippen LogP contribution in [0.15, 0.2) is 36.4 Å². The fourth-order valence-electron chi connectivity index (χ4n) is 2.05. The van der Waals surface area contributed by atoms with Crippen molar-refractivity contribution in [2.24, 2.45) is 0 Å². The van der Waals surface area contributed by atoms with E-state index in [1.54, 1.807) is 24.3 Å². The first-order chi connectivity index (χ1) is 11.9. The van der Waals surface area contributed by atoms with Crippen LogP contribution in [0.25, 0.3) is 0 Å². The number of benzene rings is 2. The first-order valence-corrected chi connectivity index (χ1v) is 7.95. The highest BCUT2D eigenvalue weighted by Gasteiger charge is 2.13. The van der Waals surface area contributed by atoms with Crippen molar-refractivity contribution in [3.8, 4) is 11.5 Å². The largest absolute Gasteiger partial charge is 0.493 e. The molecule has 0 atom stereocenters. The zero-order chi connectivity index (χ0) is 18.4. The van der Waals surface area contributed by atoms with Gasteiger partial charge < -0.3 is 20.1 Å². The van der Waals surface area contributed by atoms with Gasteiger partial charge in [-0.05, 0) is 30.3 Å². The predicted molar refractivity (Wildman–Crippen MR) is 97.0 cm³/mol. The van der Waals surface area contributed by atoms with Crippen LogP contribution in [0.2, 0.25) is 10.0 Å². The van der Waals surface area contributed by atoms with Crippen molar-refractivity contribution >= 4 is 40.7 Å². The van der Waals surface area contributed by atoms with Gasteiger partial charge in [0, 0.05) is 16.8 Å². The maximum atomic E-state index is 12.1. The molecule has 2 amide bonds. The summed E-state index contributed by atoms with van der Waals surface area (Å²) in [5.74, 6) is 0.165. The van der Waals surface area contributed by atoms with Gasteiger partial charge >= 0.3 is 0 Å². The number of ether oxygens (including phenoxy) is 2. The molecule has 0 heterocycles. The zero-order valence-electron chi connectivity index (χ0n) is 13.6. The molecule has 2 N–H and O–H groups in total. The Labute approximate surface area is 155 Å². The SMILES string of the molecule is COc1ccc(NC(=O)CNC(=O)c2ccc(Cl)cc2Cl)cc1OC. The number of halogens is 2. The highest BCUT2D eigenvalue weighted by atomic mass is 35.5. The summed E-state index contributed by atoms with van der Waals surface area (Å²) in [7, 11) is 3.02. The maximum Gasteiger partial charge on any atom is 0.253 e. The van der Waals surface area contributed by atoms with E-state index in [2.05, 4.69) is 10.6 Å². The van der Waals surface area contributed by atoms with Crippen molar-refractivity contribution in [1.82, 2.24) is 5.32 Å². The summed E-state index contributed by atoms with van der Waals surface area (Å²) in [5.41, 5.74) is 0.756. The number of hydrogen-bond acceptors (Lipinski definition) is 4.